The molecule has 0 fully saturated rings. The monoisotopic (exact) mass is 432 g/mol. The highest BCUT2D eigenvalue weighted by molar-refractivity contribution is 7.98. The smallest absolute Gasteiger partial charge is 0.326 e. The highest BCUT2D eigenvalue weighted by atomic mass is 32.2. The Labute approximate surface area is 177 Å². The SMILES string of the molecule is CSCCC(NC(=O)C(C)NC(=O)C(N)C(C)C)C(=O)NC(CC(C)C)C(=O)O. The van der Waals surface area contributed by atoms with Gasteiger partial charge in [0.25, 0.3) is 0 Å². The van der Waals surface area contributed by atoms with Crippen molar-refractivity contribution in [3.8, 4) is 0 Å². The van der Waals surface area contributed by atoms with Crippen LogP contribution >= 0.6 is 11.8 Å². The Balaban J connectivity index is 5.07. The molecule has 0 radical (unpaired) electrons. The minimum atomic E-state index is -1.12. The average Bonchev–Trinajstić information content (AvgIpc) is 2.62. The molecule has 0 aromatic heterocycles. The second-order valence-corrected chi connectivity index (χ2v) is 8.86. The number of aliphatic carboxylic acids is 1. The van der Waals surface area contributed by atoms with E-state index in [0.29, 0.717) is 12.2 Å². The lowest BCUT2D eigenvalue weighted by molar-refractivity contribution is -0.142. The van der Waals surface area contributed by atoms with Crippen molar-refractivity contribution in [3.05, 3.63) is 0 Å². The van der Waals surface area contributed by atoms with Gasteiger partial charge in [-0.05, 0) is 43.6 Å². The van der Waals surface area contributed by atoms with Crippen LogP contribution in [0.2, 0.25) is 0 Å². The molecule has 10 heteroatoms. The minimum Gasteiger partial charge on any atom is -0.480 e. The highest BCUT2D eigenvalue weighted by Gasteiger charge is 2.29. The fourth-order valence-corrected chi connectivity index (χ4v) is 2.92. The quantitative estimate of drug-likeness (QED) is 0.281. The standard InChI is InChI=1S/C19H36N4O5S/c1-10(2)9-14(19(27)28)23-17(25)13(7-8-29-6)22-16(24)12(5)21-18(26)15(20)11(3)4/h10-15H,7-9,20H2,1-6H3,(H,21,26)(H,22,24)(H,23,25)(H,27,28). The predicted molar refractivity (Wildman–Crippen MR) is 114 cm³/mol. The van der Waals surface area contributed by atoms with Crippen LogP contribution in [0.3, 0.4) is 0 Å². The number of rotatable bonds is 13. The molecule has 4 unspecified atom stereocenters. The summed E-state index contributed by atoms with van der Waals surface area (Å²) in [6, 6.07) is -3.56. The Bertz CT molecular complexity index is 571. The van der Waals surface area contributed by atoms with Gasteiger partial charge in [-0.25, -0.2) is 4.79 Å². The van der Waals surface area contributed by atoms with Gasteiger partial charge in [0.1, 0.15) is 18.1 Å². The number of carbonyl (C=O) groups is 4. The number of hydrogen-bond donors (Lipinski definition) is 5. The number of nitrogens with one attached hydrogen (secondary N) is 3. The summed E-state index contributed by atoms with van der Waals surface area (Å²) in [6.45, 7) is 8.83. The number of carbonyl (C=O) groups excluding carboxylic acids is 3. The largest absolute Gasteiger partial charge is 0.480 e. The van der Waals surface area contributed by atoms with E-state index in [1.165, 1.54) is 18.7 Å². The van der Waals surface area contributed by atoms with Gasteiger partial charge in [0.15, 0.2) is 0 Å². The van der Waals surface area contributed by atoms with Crippen LogP contribution in [-0.2, 0) is 19.2 Å². The van der Waals surface area contributed by atoms with Gasteiger partial charge in [0.05, 0.1) is 6.04 Å². The first-order valence-electron chi connectivity index (χ1n) is 9.79. The van der Waals surface area contributed by atoms with Crippen LogP contribution in [-0.4, -0.2) is 65.0 Å². The first-order chi connectivity index (χ1) is 13.4. The Hall–Kier alpha value is -1.81. The molecule has 6 N–H and O–H groups in total. The number of hydrogen-bond acceptors (Lipinski definition) is 6. The van der Waals surface area contributed by atoms with Crippen molar-refractivity contribution < 1.29 is 24.3 Å². The Morgan fingerprint density at radius 2 is 1.45 bits per heavy atom. The normalized spacial score (nSPS) is 15.3. The molecule has 0 bridgehead atoms. The van der Waals surface area contributed by atoms with Gasteiger partial charge in [-0.1, -0.05) is 27.7 Å². The van der Waals surface area contributed by atoms with Gasteiger partial charge in [0.2, 0.25) is 17.7 Å². The van der Waals surface area contributed by atoms with Crippen molar-refractivity contribution in [2.24, 2.45) is 17.6 Å². The molecule has 4 atom stereocenters. The molecule has 0 rings (SSSR count). The van der Waals surface area contributed by atoms with Gasteiger partial charge in [-0.15, -0.1) is 0 Å². The van der Waals surface area contributed by atoms with Crippen molar-refractivity contribution in [3.63, 3.8) is 0 Å². The van der Waals surface area contributed by atoms with E-state index in [0.717, 1.165) is 0 Å². The summed E-state index contributed by atoms with van der Waals surface area (Å²) in [4.78, 5) is 48.6. The minimum absolute atomic E-state index is 0.0797. The van der Waals surface area contributed by atoms with E-state index in [4.69, 9.17) is 5.73 Å². The molecule has 9 nitrogen and oxygen atoms in total. The van der Waals surface area contributed by atoms with Gasteiger partial charge >= 0.3 is 5.97 Å². The van der Waals surface area contributed by atoms with Crippen LogP contribution < -0.4 is 21.7 Å². The van der Waals surface area contributed by atoms with Gasteiger partial charge in [-0.3, -0.25) is 14.4 Å². The van der Waals surface area contributed by atoms with Crippen LogP contribution in [0.25, 0.3) is 0 Å². The van der Waals surface area contributed by atoms with Crippen LogP contribution in [0.1, 0.15) is 47.5 Å². The maximum absolute atomic E-state index is 12.6. The van der Waals surface area contributed by atoms with Crippen molar-refractivity contribution in [1.82, 2.24) is 16.0 Å². The lowest BCUT2D eigenvalue weighted by atomic mass is 10.0. The molecule has 3 amide bonds. The van der Waals surface area contributed by atoms with Gasteiger partial charge < -0.3 is 26.8 Å². The third-order valence-electron chi connectivity index (χ3n) is 4.34. The maximum Gasteiger partial charge on any atom is 0.326 e. The first kappa shape index (κ1) is 27.2. The molecule has 0 saturated heterocycles. The van der Waals surface area contributed by atoms with E-state index in [-0.39, 0.29) is 18.3 Å². The lowest BCUT2D eigenvalue weighted by Gasteiger charge is -2.24. The molecular weight excluding hydrogens is 396 g/mol. The van der Waals surface area contributed by atoms with Gasteiger partial charge in [-0.2, -0.15) is 11.8 Å². The fourth-order valence-electron chi connectivity index (χ4n) is 2.44. The van der Waals surface area contributed by atoms with E-state index < -0.39 is 47.9 Å². The van der Waals surface area contributed by atoms with E-state index >= 15 is 0 Å². The van der Waals surface area contributed by atoms with Crippen molar-refractivity contribution in [2.75, 3.05) is 12.0 Å². The second kappa shape index (κ2) is 13.4. The zero-order valence-electron chi connectivity index (χ0n) is 18.2. The van der Waals surface area contributed by atoms with Crippen LogP contribution in [0.15, 0.2) is 0 Å². The highest BCUT2D eigenvalue weighted by Crippen LogP contribution is 2.07. The molecular formula is C19H36N4O5S. The lowest BCUT2D eigenvalue weighted by Crippen LogP contribution is -2.57. The zero-order chi connectivity index (χ0) is 22.7. The molecule has 0 aromatic rings. The average molecular weight is 433 g/mol. The summed E-state index contributed by atoms with van der Waals surface area (Å²) in [7, 11) is 0. The Morgan fingerprint density at radius 1 is 0.897 bits per heavy atom. The first-order valence-corrected chi connectivity index (χ1v) is 11.2. The van der Waals surface area contributed by atoms with E-state index in [2.05, 4.69) is 16.0 Å². The molecule has 0 heterocycles. The molecule has 0 aliphatic rings. The molecule has 29 heavy (non-hydrogen) atoms. The Kier molecular flexibility index (Phi) is 12.6. The van der Waals surface area contributed by atoms with Crippen LogP contribution in [0.5, 0.6) is 0 Å². The summed E-state index contributed by atoms with van der Waals surface area (Å²) in [5.74, 6) is -2.07. The maximum atomic E-state index is 12.6. The molecule has 0 saturated carbocycles. The number of nitrogens with two attached hydrogens (primary N) is 1. The third kappa shape index (κ3) is 10.5. The summed E-state index contributed by atoms with van der Waals surface area (Å²) >= 11 is 1.50. The van der Waals surface area contributed by atoms with Crippen LogP contribution in [0, 0.1) is 11.8 Å². The zero-order valence-corrected chi connectivity index (χ0v) is 19.0. The van der Waals surface area contributed by atoms with Crippen molar-refractivity contribution in [2.45, 2.75) is 71.6 Å². The van der Waals surface area contributed by atoms with Gasteiger partial charge in [0, 0.05) is 0 Å². The molecule has 0 spiro atoms. The molecule has 168 valence electrons. The summed E-state index contributed by atoms with van der Waals surface area (Å²) in [6.07, 6.45) is 2.48. The van der Waals surface area contributed by atoms with E-state index in [1.807, 2.05) is 20.1 Å². The molecule has 0 aliphatic heterocycles. The number of thioether (sulfide) groups is 1. The van der Waals surface area contributed by atoms with E-state index in [1.54, 1.807) is 13.8 Å². The molecule has 0 aromatic carbocycles. The summed E-state index contributed by atoms with van der Waals surface area (Å²) < 4.78 is 0. The number of amides is 3. The van der Waals surface area contributed by atoms with Crippen molar-refractivity contribution in [1.29, 1.82) is 0 Å². The van der Waals surface area contributed by atoms with E-state index in [9.17, 15) is 24.3 Å². The molecule has 0 aliphatic carbocycles. The summed E-state index contributed by atoms with van der Waals surface area (Å²) in [5, 5.41) is 17.0. The topological polar surface area (TPSA) is 151 Å². The number of carboxylic acids is 1. The third-order valence-corrected chi connectivity index (χ3v) is 4.98. The second-order valence-electron chi connectivity index (χ2n) is 7.87. The van der Waals surface area contributed by atoms with Crippen LogP contribution in [0.4, 0.5) is 0 Å². The van der Waals surface area contributed by atoms with Crippen molar-refractivity contribution >= 4 is 35.5 Å². The Morgan fingerprint density at radius 3 is 1.90 bits per heavy atom. The number of carboxylic acid groups (broad SMARTS) is 1. The summed E-state index contributed by atoms with van der Waals surface area (Å²) in [5.41, 5.74) is 5.78. The predicted octanol–water partition coefficient (Wildman–Crippen LogP) is 0.328. The fraction of sp³-hybridized carbons (Fsp3) is 0.789.